The average molecular weight is 181 g/mol. The minimum atomic E-state index is 1.03. The van der Waals surface area contributed by atoms with Crippen molar-refractivity contribution in [3.63, 3.8) is 0 Å². The number of aryl methyl sites for hydroxylation is 1. The Labute approximate surface area is 78.6 Å². The van der Waals surface area contributed by atoms with Crippen LogP contribution in [0.15, 0.2) is 23.1 Å². The number of anilines is 1. The molecule has 0 saturated carbocycles. The van der Waals surface area contributed by atoms with Crippen LogP contribution in [-0.2, 0) is 0 Å². The Balaban J connectivity index is 0.000000336. The Bertz CT molecular complexity index is 258. The zero-order chi connectivity index (χ0) is 8.97. The number of nitrogens with one attached hydrogen (secondary N) is 1. The largest absolute Gasteiger partial charge is 0.375 e. The topological polar surface area (TPSA) is 12.0 Å². The van der Waals surface area contributed by atoms with E-state index in [-0.39, 0.29) is 0 Å². The molecular weight excluding hydrogens is 166 g/mol. The fraction of sp³-hybridized carbons (Fsp3) is 0.400. The standard InChI is InChI=1S/C8H9NS.C2H6/c1-6-2-3-7-8(4-6)10-5-9-7;1-2/h2-4,9H,5H2,1H3;1-2H3. The van der Waals surface area contributed by atoms with Gasteiger partial charge in [0.25, 0.3) is 0 Å². The summed E-state index contributed by atoms with van der Waals surface area (Å²) in [5, 5.41) is 3.29. The van der Waals surface area contributed by atoms with Crippen molar-refractivity contribution in [3.8, 4) is 0 Å². The Morgan fingerprint density at radius 1 is 1.33 bits per heavy atom. The van der Waals surface area contributed by atoms with Crippen molar-refractivity contribution in [2.24, 2.45) is 0 Å². The first-order chi connectivity index (χ1) is 5.86. The number of rotatable bonds is 0. The van der Waals surface area contributed by atoms with Crippen molar-refractivity contribution < 1.29 is 0 Å². The molecule has 1 aliphatic heterocycles. The minimum absolute atomic E-state index is 1.03. The molecule has 1 heterocycles. The van der Waals surface area contributed by atoms with Crippen molar-refractivity contribution in [2.45, 2.75) is 25.7 Å². The molecule has 1 nitrogen and oxygen atoms in total. The van der Waals surface area contributed by atoms with E-state index in [0.717, 1.165) is 5.88 Å². The molecule has 0 spiro atoms. The number of fused-ring (bicyclic) bond motifs is 1. The average Bonchev–Trinajstić information content (AvgIpc) is 2.54. The van der Waals surface area contributed by atoms with Gasteiger partial charge in [0.05, 0.1) is 5.88 Å². The van der Waals surface area contributed by atoms with Crippen LogP contribution in [0, 0.1) is 6.92 Å². The van der Waals surface area contributed by atoms with E-state index in [1.165, 1.54) is 16.1 Å². The molecule has 0 fully saturated rings. The zero-order valence-electron chi connectivity index (χ0n) is 7.85. The highest BCUT2D eigenvalue weighted by Gasteiger charge is 2.08. The van der Waals surface area contributed by atoms with E-state index in [4.69, 9.17) is 0 Å². The van der Waals surface area contributed by atoms with Gasteiger partial charge >= 0.3 is 0 Å². The molecular formula is C10H15NS. The molecule has 1 aliphatic rings. The second-order valence-electron chi connectivity index (χ2n) is 2.47. The summed E-state index contributed by atoms with van der Waals surface area (Å²) in [4.78, 5) is 1.39. The summed E-state index contributed by atoms with van der Waals surface area (Å²) in [6, 6.07) is 6.50. The summed E-state index contributed by atoms with van der Waals surface area (Å²) in [6.07, 6.45) is 0. The lowest BCUT2D eigenvalue weighted by molar-refractivity contribution is 1.36. The molecule has 2 heteroatoms. The molecule has 1 N–H and O–H groups in total. The van der Waals surface area contributed by atoms with E-state index in [2.05, 4.69) is 30.4 Å². The third-order valence-corrected chi connectivity index (χ3v) is 2.56. The maximum atomic E-state index is 3.29. The van der Waals surface area contributed by atoms with Crippen LogP contribution in [0.4, 0.5) is 5.69 Å². The fourth-order valence-electron chi connectivity index (χ4n) is 1.09. The van der Waals surface area contributed by atoms with Gasteiger partial charge in [-0.15, -0.1) is 11.8 Å². The van der Waals surface area contributed by atoms with Crippen LogP contribution in [-0.4, -0.2) is 5.88 Å². The van der Waals surface area contributed by atoms with Crippen LogP contribution < -0.4 is 5.32 Å². The minimum Gasteiger partial charge on any atom is -0.375 e. The van der Waals surface area contributed by atoms with Gasteiger partial charge < -0.3 is 5.32 Å². The van der Waals surface area contributed by atoms with Crippen LogP contribution in [0.1, 0.15) is 19.4 Å². The zero-order valence-corrected chi connectivity index (χ0v) is 8.66. The number of hydrogen-bond acceptors (Lipinski definition) is 2. The molecule has 0 saturated heterocycles. The molecule has 12 heavy (non-hydrogen) atoms. The SMILES string of the molecule is CC.Cc1ccc2c(c1)SCN2. The first-order valence-electron chi connectivity index (χ1n) is 4.33. The molecule has 2 rings (SSSR count). The van der Waals surface area contributed by atoms with Gasteiger partial charge in [-0.2, -0.15) is 0 Å². The van der Waals surface area contributed by atoms with E-state index in [1.54, 1.807) is 0 Å². The first kappa shape index (κ1) is 9.46. The normalized spacial score (nSPS) is 12.6. The molecule has 0 bridgehead atoms. The van der Waals surface area contributed by atoms with Crippen LogP contribution in [0.2, 0.25) is 0 Å². The summed E-state index contributed by atoms with van der Waals surface area (Å²) in [7, 11) is 0. The predicted octanol–water partition coefficient (Wildman–Crippen LogP) is 3.50. The molecule has 0 aromatic heterocycles. The summed E-state index contributed by atoms with van der Waals surface area (Å²) < 4.78 is 0. The van der Waals surface area contributed by atoms with Gasteiger partial charge in [-0.1, -0.05) is 19.9 Å². The molecule has 0 aliphatic carbocycles. The van der Waals surface area contributed by atoms with Crippen LogP contribution in [0.25, 0.3) is 0 Å². The number of hydrogen-bond donors (Lipinski definition) is 1. The lowest BCUT2D eigenvalue weighted by Crippen LogP contribution is -1.87. The smallest absolute Gasteiger partial charge is 0.0658 e. The quantitative estimate of drug-likeness (QED) is 0.657. The van der Waals surface area contributed by atoms with E-state index in [1.807, 2.05) is 25.6 Å². The lowest BCUT2D eigenvalue weighted by atomic mass is 10.2. The van der Waals surface area contributed by atoms with Crippen molar-refractivity contribution >= 4 is 17.4 Å². The molecule has 1 aromatic carbocycles. The van der Waals surface area contributed by atoms with Crippen molar-refractivity contribution in [1.29, 1.82) is 0 Å². The first-order valence-corrected chi connectivity index (χ1v) is 5.32. The highest BCUT2D eigenvalue weighted by molar-refractivity contribution is 7.99. The summed E-state index contributed by atoms with van der Waals surface area (Å²) in [5.41, 5.74) is 2.63. The lowest BCUT2D eigenvalue weighted by Gasteiger charge is -1.97. The van der Waals surface area contributed by atoms with Gasteiger partial charge in [0.15, 0.2) is 0 Å². The molecule has 0 amide bonds. The summed E-state index contributed by atoms with van der Waals surface area (Å²) >= 11 is 1.87. The van der Waals surface area contributed by atoms with Gasteiger partial charge in [0, 0.05) is 10.6 Å². The molecule has 0 radical (unpaired) electrons. The Morgan fingerprint density at radius 2 is 2.08 bits per heavy atom. The van der Waals surface area contributed by atoms with Crippen LogP contribution >= 0.6 is 11.8 Å². The summed E-state index contributed by atoms with van der Waals surface area (Å²) in [6.45, 7) is 6.12. The number of thioether (sulfide) groups is 1. The van der Waals surface area contributed by atoms with Gasteiger partial charge in [-0.25, -0.2) is 0 Å². The second kappa shape index (κ2) is 4.41. The van der Waals surface area contributed by atoms with Crippen LogP contribution in [0.5, 0.6) is 0 Å². The third-order valence-electron chi connectivity index (χ3n) is 1.63. The van der Waals surface area contributed by atoms with E-state index in [0.29, 0.717) is 0 Å². The van der Waals surface area contributed by atoms with Gasteiger partial charge in [-0.05, 0) is 24.6 Å². The van der Waals surface area contributed by atoms with Crippen molar-refractivity contribution in [1.82, 2.24) is 0 Å². The Kier molecular flexibility index (Phi) is 3.48. The van der Waals surface area contributed by atoms with Crippen LogP contribution in [0.3, 0.4) is 0 Å². The van der Waals surface area contributed by atoms with Gasteiger partial charge in [-0.3, -0.25) is 0 Å². The second-order valence-corrected chi connectivity index (χ2v) is 3.48. The third kappa shape index (κ3) is 1.95. The fourth-order valence-corrected chi connectivity index (χ4v) is 2.03. The molecule has 66 valence electrons. The van der Waals surface area contributed by atoms with E-state index in [9.17, 15) is 0 Å². The van der Waals surface area contributed by atoms with Gasteiger partial charge in [0.2, 0.25) is 0 Å². The maximum Gasteiger partial charge on any atom is 0.0658 e. The highest BCUT2D eigenvalue weighted by atomic mass is 32.2. The monoisotopic (exact) mass is 181 g/mol. The Morgan fingerprint density at radius 3 is 2.83 bits per heavy atom. The van der Waals surface area contributed by atoms with Crippen molar-refractivity contribution in [3.05, 3.63) is 23.8 Å². The van der Waals surface area contributed by atoms with Crippen molar-refractivity contribution in [2.75, 3.05) is 11.2 Å². The maximum absolute atomic E-state index is 3.29. The van der Waals surface area contributed by atoms with E-state index >= 15 is 0 Å². The van der Waals surface area contributed by atoms with Gasteiger partial charge in [0.1, 0.15) is 0 Å². The highest BCUT2D eigenvalue weighted by Crippen LogP contribution is 2.33. The molecule has 1 aromatic rings. The Hall–Kier alpha value is -0.630. The van der Waals surface area contributed by atoms with E-state index < -0.39 is 0 Å². The summed E-state index contributed by atoms with van der Waals surface area (Å²) in [5.74, 6) is 1.03. The molecule has 0 unspecified atom stereocenters. The number of benzene rings is 1. The predicted molar refractivity (Wildman–Crippen MR) is 56.9 cm³/mol. The molecule has 0 atom stereocenters.